The van der Waals surface area contributed by atoms with E-state index in [1.165, 1.54) is 24.3 Å². The zero-order chi connectivity index (χ0) is 31.5. The van der Waals surface area contributed by atoms with Gasteiger partial charge in [-0.2, -0.15) is 0 Å². The van der Waals surface area contributed by atoms with E-state index in [-0.39, 0.29) is 36.8 Å². The molecule has 3 aromatic carbocycles. The fraction of sp³-hybridized carbons (Fsp3) is 0.394. The van der Waals surface area contributed by atoms with E-state index in [4.69, 9.17) is 25.8 Å². The summed E-state index contributed by atoms with van der Waals surface area (Å²) < 4.78 is 47.5. The zero-order valence-electron chi connectivity index (χ0n) is 24.8. The van der Waals surface area contributed by atoms with Crippen LogP contribution in [0.15, 0.2) is 42.5 Å². The number of aliphatic carboxylic acids is 1. The van der Waals surface area contributed by atoms with Crippen LogP contribution in [0.4, 0.5) is 14.5 Å². The standard InChI is InChI=1S/C33H35ClF2N2O6/c1-4-9-42-21-7-8-22(25(35)12-21)32-30(33(40)41)24(23-13-27-28(14-26(23)36)44-17-43-27)15-38(32)16-29(39)37-31-18(5-2)10-20(34)11-19(31)6-3/h7-8,10-14,24,30,32H,4-6,9,15-17H2,1-3H3,(H,37,39)(H,40,41)/t24-,30?,32+/m1/s1. The topological polar surface area (TPSA) is 97.3 Å². The lowest BCUT2D eigenvalue weighted by Crippen LogP contribution is -2.36. The minimum atomic E-state index is -1.29. The first-order valence-corrected chi connectivity index (χ1v) is 15.1. The number of likely N-dealkylation sites (tertiary alicyclic amines) is 1. The average Bonchev–Trinajstić information content (AvgIpc) is 3.60. The molecule has 1 unspecified atom stereocenters. The van der Waals surface area contributed by atoms with Crippen LogP contribution in [0.25, 0.3) is 0 Å². The lowest BCUT2D eigenvalue weighted by atomic mass is 9.82. The second-order valence-electron chi connectivity index (χ2n) is 11.0. The third-order valence-corrected chi connectivity index (χ3v) is 8.40. The van der Waals surface area contributed by atoms with E-state index in [0.717, 1.165) is 17.5 Å². The Hall–Kier alpha value is -3.89. The van der Waals surface area contributed by atoms with E-state index in [1.54, 1.807) is 23.1 Å². The molecule has 1 saturated heterocycles. The van der Waals surface area contributed by atoms with Crippen molar-refractivity contribution in [3.63, 3.8) is 0 Å². The number of rotatable bonds is 11. The molecule has 0 aromatic heterocycles. The van der Waals surface area contributed by atoms with E-state index in [1.807, 2.05) is 20.8 Å². The molecule has 2 heterocycles. The van der Waals surface area contributed by atoms with Crippen molar-refractivity contribution in [1.29, 1.82) is 0 Å². The second kappa shape index (κ2) is 13.4. The third kappa shape index (κ3) is 6.32. The lowest BCUT2D eigenvalue weighted by Gasteiger charge is -2.27. The van der Waals surface area contributed by atoms with Gasteiger partial charge in [-0.05, 0) is 60.2 Å². The number of carbonyl (C=O) groups excluding carboxylic acids is 1. The molecule has 3 aromatic rings. The summed E-state index contributed by atoms with van der Waals surface area (Å²) >= 11 is 6.29. The van der Waals surface area contributed by atoms with Crippen molar-refractivity contribution in [1.82, 2.24) is 4.90 Å². The second-order valence-corrected chi connectivity index (χ2v) is 11.4. The number of nitrogens with one attached hydrogen (secondary N) is 1. The number of benzene rings is 3. The van der Waals surface area contributed by atoms with E-state index in [9.17, 15) is 14.7 Å². The van der Waals surface area contributed by atoms with Crippen molar-refractivity contribution in [2.75, 3.05) is 31.8 Å². The molecule has 234 valence electrons. The SMILES string of the molecule is CCCOc1ccc([C@H]2C(C(=O)O)[C@@H](c3cc4c(cc3F)OCO4)CN2CC(=O)Nc2c(CC)cc(Cl)cc2CC)c(F)c1. The molecular weight excluding hydrogens is 594 g/mol. The van der Waals surface area contributed by atoms with Gasteiger partial charge in [0, 0.05) is 40.9 Å². The molecule has 3 atom stereocenters. The van der Waals surface area contributed by atoms with Gasteiger partial charge >= 0.3 is 5.97 Å². The highest BCUT2D eigenvalue weighted by Gasteiger charge is 2.49. The largest absolute Gasteiger partial charge is 0.494 e. The number of aryl methyl sites for hydroxylation is 2. The quantitative estimate of drug-likeness (QED) is 0.243. The molecule has 11 heteroatoms. The summed E-state index contributed by atoms with van der Waals surface area (Å²) in [4.78, 5) is 28.1. The molecule has 5 rings (SSSR count). The number of carboxylic acids is 1. The molecule has 8 nitrogen and oxygen atoms in total. The summed E-state index contributed by atoms with van der Waals surface area (Å²) in [5.41, 5.74) is 2.54. The Balaban J connectivity index is 1.53. The van der Waals surface area contributed by atoms with Crippen molar-refractivity contribution in [3.05, 3.63) is 81.4 Å². The van der Waals surface area contributed by atoms with Crippen LogP contribution < -0.4 is 19.5 Å². The van der Waals surface area contributed by atoms with Crippen molar-refractivity contribution in [2.24, 2.45) is 5.92 Å². The van der Waals surface area contributed by atoms with Crippen LogP contribution >= 0.6 is 11.6 Å². The van der Waals surface area contributed by atoms with Crippen LogP contribution in [-0.4, -0.2) is 48.4 Å². The monoisotopic (exact) mass is 628 g/mol. The van der Waals surface area contributed by atoms with Gasteiger partial charge < -0.3 is 24.6 Å². The van der Waals surface area contributed by atoms with Crippen molar-refractivity contribution < 1.29 is 37.7 Å². The highest BCUT2D eigenvalue weighted by atomic mass is 35.5. The number of anilines is 1. The molecule has 2 N–H and O–H groups in total. The first-order valence-electron chi connectivity index (χ1n) is 14.7. The van der Waals surface area contributed by atoms with Crippen LogP contribution in [0, 0.1) is 17.6 Å². The Morgan fingerprint density at radius 1 is 1.00 bits per heavy atom. The summed E-state index contributed by atoms with van der Waals surface area (Å²) in [5.74, 6) is -4.39. The van der Waals surface area contributed by atoms with E-state index in [2.05, 4.69) is 5.32 Å². The summed E-state index contributed by atoms with van der Waals surface area (Å²) in [6, 6.07) is 9.38. The molecule has 0 spiro atoms. The number of nitrogens with zero attached hydrogens (tertiary/aromatic N) is 1. The zero-order valence-corrected chi connectivity index (χ0v) is 25.5. The molecule has 0 aliphatic carbocycles. The van der Waals surface area contributed by atoms with Crippen molar-refractivity contribution in [2.45, 2.75) is 52.0 Å². The summed E-state index contributed by atoms with van der Waals surface area (Å²) in [7, 11) is 0. The number of halogens is 3. The summed E-state index contributed by atoms with van der Waals surface area (Å²) in [6.07, 6.45) is 1.98. The van der Waals surface area contributed by atoms with Crippen LogP contribution in [0.5, 0.6) is 17.2 Å². The van der Waals surface area contributed by atoms with Gasteiger partial charge in [-0.3, -0.25) is 14.5 Å². The highest BCUT2D eigenvalue weighted by Crippen LogP contribution is 2.49. The minimum absolute atomic E-state index is 0.0268. The number of hydrogen-bond acceptors (Lipinski definition) is 6. The number of hydrogen-bond donors (Lipinski definition) is 2. The van der Waals surface area contributed by atoms with Gasteiger partial charge in [0.2, 0.25) is 12.7 Å². The maximum absolute atomic E-state index is 15.7. The maximum Gasteiger partial charge on any atom is 0.309 e. The Kier molecular flexibility index (Phi) is 9.60. The van der Waals surface area contributed by atoms with Gasteiger partial charge in [0.1, 0.15) is 17.4 Å². The van der Waals surface area contributed by atoms with Crippen molar-refractivity contribution >= 4 is 29.2 Å². The van der Waals surface area contributed by atoms with Gasteiger partial charge in [-0.1, -0.05) is 38.4 Å². The molecule has 0 saturated carbocycles. The number of fused-ring (bicyclic) bond motifs is 1. The van der Waals surface area contributed by atoms with Gasteiger partial charge in [0.15, 0.2) is 11.5 Å². The van der Waals surface area contributed by atoms with Gasteiger partial charge in [0.05, 0.1) is 25.1 Å². The molecule has 0 radical (unpaired) electrons. The smallest absolute Gasteiger partial charge is 0.309 e. The molecule has 2 aliphatic rings. The Bertz CT molecular complexity index is 1540. The van der Waals surface area contributed by atoms with Crippen LogP contribution in [0.1, 0.15) is 61.4 Å². The van der Waals surface area contributed by atoms with Gasteiger partial charge in [-0.15, -0.1) is 0 Å². The first-order chi connectivity index (χ1) is 21.1. The van der Waals surface area contributed by atoms with Crippen molar-refractivity contribution in [3.8, 4) is 17.2 Å². The molecule has 1 fully saturated rings. The maximum atomic E-state index is 15.7. The predicted molar refractivity (Wildman–Crippen MR) is 162 cm³/mol. The lowest BCUT2D eigenvalue weighted by molar-refractivity contribution is -0.143. The van der Waals surface area contributed by atoms with E-state index < -0.39 is 41.4 Å². The van der Waals surface area contributed by atoms with Gasteiger partial charge in [-0.25, -0.2) is 8.78 Å². The van der Waals surface area contributed by atoms with Gasteiger partial charge in [0.25, 0.3) is 0 Å². The number of ether oxygens (including phenoxy) is 3. The van der Waals surface area contributed by atoms with Crippen LogP contribution in [-0.2, 0) is 22.4 Å². The Morgan fingerprint density at radius 3 is 2.27 bits per heavy atom. The predicted octanol–water partition coefficient (Wildman–Crippen LogP) is 6.74. The summed E-state index contributed by atoms with van der Waals surface area (Å²) in [5, 5.41) is 14.1. The number of carbonyl (C=O) groups is 2. The molecule has 2 aliphatic heterocycles. The first kappa shape index (κ1) is 31.5. The number of carboxylic acid groups (broad SMARTS) is 1. The normalized spacial score (nSPS) is 19.3. The highest BCUT2D eigenvalue weighted by molar-refractivity contribution is 6.30. The van der Waals surface area contributed by atoms with E-state index in [0.29, 0.717) is 41.7 Å². The molecule has 44 heavy (non-hydrogen) atoms. The average molecular weight is 629 g/mol. The fourth-order valence-corrected chi connectivity index (χ4v) is 6.42. The Morgan fingerprint density at radius 2 is 1.66 bits per heavy atom. The van der Waals surface area contributed by atoms with E-state index >= 15 is 8.78 Å². The van der Waals surface area contributed by atoms with Crippen LogP contribution in [0.2, 0.25) is 5.02 Å². The molecular formula is C33H35ClF2N2O6. The number of amides is 1. The third-order valence-electron chi connectivity index (χ3n) is 8.18. The Labute approximate surface area is 259 Å². The summed E-state index contributed by atoms with van der Waals surface area (Å²) in [6.45, 7) is 5.85. The fourth-order valence-electron chi connectivity index (χ4n) is 6.16. The van der Waals surface area contributed by atoms with Crippen LogP contribution in [0.3, 0.4) is 0 Å². The minimum Gasteiger partial charge on any atom is -0.494 e. The molecule has 1 amide bonds. The molecule has 0 bridgehead atoms.